The zero-order chi connectivity index (χ0) is 21.5. The van der Waals surface area contributed by atoms with Crippen LogP contribution in [0.4, 0.5) is 14.5 Å². The molecule has 0 aliphatic carbocycles. The summed E-state index contributed by atoms with van der Waals surface area (Å²) in [5, 5.41) is 3.63. The highest BCUT2D eigenvalue weighted by molar-refractivity contribution is 7.80. The first-order chi connectivity index (χ1) is 14.4. The van der Waals surface area contributed by atoms with Crippen molar-refractivity contribution in [1.29, 1.82) is 0 Å². The minimum absolute atomic E-state index is 0.0110. The SMILES string of the molecule is CN1CCN(c2cc(F)c(/C=N/NC(N)=S)cc2F)C[C@@H]1COCc1ccccc1. The number of hydrogen-bond acceptors (Lipinski definition) is 5. The van der Waals surface area contributed by atoms with Crippen molar-refractivity contribution in [1.82, 2.24) is 10.3 Å². The van der Waals surface area contributed by atoms with E-state index in [1.807, 2.05) is 42.3 Å². The average molecular weight is 434 g/mol. The van der Waals surface area contributed by atoms with E-state index in [1.165, 1.54) is 6.07 Å². The summed E-state index contributed by atoms with van der Waals surface area (Å²) in [4.78, 5) is 4.03. The Morgan fingerprint density at radius 1 is 1.27 bits per heavy atom. The molecule has 2 aromatic carbocycles. The van der Waals surface area contributed by atoms with Gasteiger partial charge in [-0.3, -0.25) is 10.3 Å². The lowest BCUT2D eigenvalue weighted by Crippen LogP contribution is -2.53. The van der Waals surface area contributed by atoms with E-state index in [-0.39, 0.29) is 22.4 Å². The highest BCUT2D eigenvalue weighted by Crippen LogP contribution is 2.25. The van der Waals surface area contributed by atoms with Gasteiger partial charge in [0.2, 0.25) is 0 Å². The Hall–Kier alpha value is -2.62. The van der Waals surface area contributed by atoms with E-state index < -0.39 is 11.6 Å². The van der Waals surface area contributed by atoms with Gasteiger partial charge in [-0.1, -0.05) is 30.3 Å². The molecule has 3 N–H and O–H groups in total. The molecule has 3 rings (SSSR count). The summed E-state index contributed by atoms with van der Waals surface area (Å²) in [6, 6.07) is 12.3. The van der Waals surface area contributed by atoms with Gasteiger partial charge in [0, 0.05) is 31.3 Å². The molecule has 0 spiro atoms. The summed E-state index contributed by atoms with van der Waals surface area (Å²) >= 11 is 4.62. The van der Waals surface area contributed by atoms with Gasteiger partial charge in [0.05, 0.1) is 31.2 Å². The van der Waals surface area contributed by atoms with Crippen LogP contribution in [0.5, 0.6) is 0 Å². The second-order valence-corrected chi connectivity index (χ2v) is 7.58. The summed E-state index contributed by atoms with van der Waals surface area (Å²) in [7, 11) is 2.01. The van der Waals surface area contributed by atoms with Gasteiger partial charge in [0.1, 0.15) is 11.6 Å². The number of nitrogens with one attached hydrogen (secondary N) is 1. The monoisotopic (exact) mass is 433 g/mol. The van der Waals surface area contributed by atoms with E-state index in [2.05, 4.69) is 27.6 Å². The third kappa shape index (κ3) is 5.94. The normalized spacial score (nSPS) is 17.4. The maximum Gasteiger partial charge on any atom is 0.184 e. The molecule has 6 nitrogen and oxygen atoms in total. The number of likely N-dealkylation sites (N-methyl/N-ethyl adjacent to an activating group) is 1. The zero-order valence-corrected chi connectivity index (χ0v) is 17.5. The molecule has 160 valence electrons. The lowest BCUT2D eigenvalue weighted by atomic mass is 10.1. The fraction of sp³-hybridized carbons (Fsp3) is 0.333. The van der Waals surface area contributed by atoms with Crippen LogP contribution in [0.2, 0.25) is 0 Å². The van der Waals surface area contributed by atoms with Crippen LogP contribution >= 0.6 is 12.2 Å². The topological polar surface area (TPSA) is 66.1 Å². The van der Waals surface area contributed by atoms with E-state index in [1.54, 1.807) is 0 Å². The molecule has 0 radical (unpaired) electrons. The Kier molecular flexibility index (Phi) is 7.67. The minimum Gasteiger partial charge on any atom is -0.375 e. The lowest BCUT2D eigenvalue weighted by molar-refractivity contribution is 0.0556. The zero-order valence-electron chi connectivity index (χ0n) is 16.7. The molecule has 1 aliphatic rings. The van der Waals surface area contributed by atoms with Crippen molar-refractivity contribution in [2.75, 3.05) is 38.2 Å². The van der Waals surface area contributed by atoms with Gasteiger partial charge in [-0.15, -0.1) is 0 Å². The summed E-state index contributed by atoms with van der Waals surface area (Å²) in [6.45, 7) is 2.88. The molecular weight excluding hydrogens is 408 g/mol. The molecule has 9 heteroatoms. The number of nitrogens with two attached hydrogens (primary N) is 1. The van der Waals surface area contributed by atoms with E-state index in [0.29, 0.717) is 26.3 Å². The van der Waals surface area contributed by atoms with Gasteiger partial charge in [-0.2, -0.15) is 5.10 Å². The number of nitrogens with zero attached hydrogens (tertiary/aromatic N) is 3. The van der Waals surface area contributed by atoms with E-state index >= 15 is 0 Å². The fourth-order valence-corrected chi connectivity index (χ4v) is 3.34. The van der Waals surface area contributed by atoms with Crippen LogP contribution in [0.15, 0.2) is 47.6 Å². The minimum atomic E-state index is -0.573. The largest absolute Gasteiger partial charge is 0.375 e. The van der Waals surface area contributed by atoms with Crippen molar-refractivity contribution in [2.45, 2.75) is 12.6 Å². The van der Waals surface area contributed by atoms with Gasteiger partial charge in [0.15, 0.2) is 5.11 Å². The van der Waals surface area contributed by atoms with Crippen molar-refractivity contribution in [2.24, 2.45) is 10.8 Å². The number of ether oxygens (including phenoxy) is 1. The number of anilines is 1. The first-order valence-electron chi connectivity index (χ1n) is 9.58. The van der Waals surface area contributed by atoms with Crippen LogP contribution in [-0.2, 0) is 11.3 Å². The predicted molar refractivity (Wildman–Crippen MR) is 119 cm³/mol. The van der Waals surface area contributed by atoms with Gasteiger partial charge in [-0.05, 0) is 30.9 Å². The highest BCUT2D eigenvalue weighted by Gasteiger charge is 2.27. The Balaban J connectivity index is 1.64. The number of rotatable bonds is 7. The van der Waals surface area contributed by atoms with Crippen LogP contribution in [0.1, 0.15) is 11.1 Å². The molecule has 1 fully saturated rings. The number of thiocarbonyl (C=S) groups is 1. The molecule has 1 atom stereocenters. The first-order valence-corrected chi connectivity index (χ1v) is 9.99. The van der Waals surface area contributed by atoms with Gasteiger partial charge in [0.25, 0.3) is 0 Å². The smallest absolute Gasteiger partial charge is 0.184 e. The fourth-order valence-electron chi connectivity index (χ4n) is 3.29. The third-order valence-electron chi connectivity index (χ3n) is 4.98. The average Bonchev–Trinajstić information content (AvgIpc) is 2.72. The van der Waals surface area contributed by atoms with Gasteiger partial charge in [-0.25, -0.2) is 8.78 Å². The Labute approximate surface area is 180 Å². The molecule has 0 saturated carbocycles. The molecule has 0 amide bonds. The standard InChI is InChI=1S/C21H25F2N5OS/c1-27-7-8-28(12-17(27)14-29-13-15-5-3-2-4-6-15)20-10-18(22)16(9-19(20)23)11-25-26-21(24)30/h2-6,9-11,17H,7-8,12-14H2,1H3,(H3,24,26,30)/b25-11+/t17-/m1/s1. The summed E-state index contributed by atoms with van der Waals surface area (Å²) in [5.41, 5.74) is 8.92. The molecular formula is C21H25F2N5OS. The molecule has 0 unspecified atom stereocenters. The van der Waals surface area contributed by atoms with Crippen molar-refractivity contribution >= 4 is 29.2 Å². The Morgan fingerprint density at radius 2 is 2.03 bits per heavy atom. The van der Waals surface area contributed by atoms with Gasteiger partial charge >= 0.3 is 0 Å². The summed E-state index contributed by atoms with van der Waals surface area (Å²) in [6.07, 6.45) is 1.14. The molecule has 1 aliphatic heterocycles. The first kappa shape index (κ1) is 22.1. The van der Waals surface area contributed by atoms with Crippen LogP contribution in [0.25, 0.3) is 0 Å². The van der Waals surface area contributed by atoms with Crippen LogP contribution in [0.3, 0.4) is 0 Å². The third-order valence-corrected chi connectivity index (χ3v) is 5.08. The maximum absolute atomic E-state index is 14.7. The lowest BCUT2D eigenvalue weighted by Gasteiger charge is -2.40. The van der Waals surface area contributed by atoms with Crippen LogP contribution in [0, 0.1) is 11.6 Å². The molecule has 1 heterocycles. The number of benzene rings is 2. The Bertz CT molecular complexity index is 896. The van der Waals surface area contributed by atoms with E-state index in [4.69, 9.17) is 10.5 Å². The molecule has 0 bridgehead atoms. The number of halogens is 2. The predicted octanol–water partition coefficient (Wildman–Crippen LogP) is 2.47. The molecule has 2 aromatic rings. The van der Waals surface area contributed by atoms with Gasteiger partial charge < -0.3 is 15.4 Å². The quantitative estimate of drug-likeness (QED) is 0.397. The Morgan fingerprint density at radius 3 is 2.77 bits per heavy atom. The summed E-state index contributed by atoms with van der Waals surface area (Å²) < 4.78 is 35.0. The van der Waals surface area contributed by atoms with Crippen LogP contribution < -0.4 is 16.1 Å². The molecule has 0 aromatic heterocycles. The number of hydrogen-bond donors (Lipinski definition) is 2. The number of piperazine rings is 1. The van der Waals surface area contributed by atoms with Crippen molar-refractivity contribution in [3.63, 3.8) is 0 Å². The van der Waals surface area contributed by atoms with Crippen LogP contribution in [-0.4, -0.2) is 55.6 Å². The van der Waals surface area contributed by atoms with E-state index in [0.717, 1.165) is 24.4 Å². The maximum atomic E-state index is 14.7. The van der Waals surface area contributed by atoms with Crippen molar-refractivity contribution in [3.8, 4) is 0 Å². The van der Waals surface area contributed by atoms with E-state index in [9.17, 15) is 8.78 Å². The van der Waals surface area contributed by atoms with Crippen molar-refractivity contribution < 1.29 is 13.5 Å². The number of hydrazone groups is 1. The summed E-state index contributed by atoms with van der Waals surface area (Å²) in [5.74, 6) is -1.09. The second kappa shape index (κ2) is 10.4. The molecule has 30 heavy (non-hydrogen) atoms. The molecule has 1 saturated heterocycles. The van der Waals surface area contributed by atoms with Crippen molar-refractivity contribution in [3.05, 3.63) is 65.2 Å². The second-order valence-electron chi connectivity index (χ2n) is 7.14. The highest BCUT2D eigenvalue weighted by atomic mass is 32.1.